The topological polar surface area (TPSA) is 62.5 Å². The molecule has 0 aliphatic carbocycles. The first kappa shape index (κ1) is 15.2. The van der Waals surface area contributed by atoms with Gasteiger partial charge in [0.15, 0.2) is 0 Å². The van der Waals surface area contributed by atoms with Crippen molar-refractivity contribution in [1.29, 1.82) is 0 Å². The molecule has 2 heterocycles. The molecule has 0 saturated carbocycles. The first-order chi connectivity index (χ1) is 10.7. The Morgan fingerprint density at radius 1 is 1.18 bits per heavy atom. The molecular weight excluding hydrogens is 323 g/mol. The van der Waals surface area contributed by atoms with Crippen LogP contribution in [0.25, 0.3) is 5.78 Å². The van der Waals surface area contributed by atoms with Crippen molar-refractivity contribution in [3.63, 3.8) is 0 Å². The Bertz CT molecular complexity index is 770. The summed E-state index contributed by atoms with van der Waals surface area (Å²) in [4.78, 5) is 8.37. The lowest BCUT2D eigenvalue weighted by Gasteiger charge is -2.15. The van der Waals surface area contributed by atoms with Crippen molar-refractivity contribution in [1.82, 2.24) is 19.7 Å². The molecule has 7 heteroatoms. The van der Waals surface area contributed by atoms with Gasteiger partial charge in [-0.1, -0.05) is 29.3 Å². The summed E-state index contributed by atoms with van der Waals surface area (Å²) >= 11 is 12.2. The highest BCUT2D eigenvalue weighted by Crippen LogP contribution is 2.29. The van der Waals surface area contributed by atoms with Crippen LogP contribution in [-0.2, 0) is 6.54 Å². The molecule has 3 aromatic rings. The molecule has 114 valence electrons. The molecule has 0 aliphatic heterocycles. The molecule has 1 atom stereocenters. The molecule has 0 aliphatic rings. The van der Waals surface area contributed by atoms with E-state index in [1.165, 1.54) is 0 Å². The molecule has 5 nitrogen and oxygen atoms in total. The third-order valence-corrected chi connectivity index (χ3v) is 4.00. The summed E-state index contributed by atoms with van der Waals surface area (Å²) in [6.45, 7) is 0.878. The molecule has 22 heavy (non-hydrogen) atoms. The van der Waals surface area contributed by atoms with Crippen LogP contribution in [0.2, 0.25) is 10.0 Å². The maximum atomic E-state index is 10.3. The lowest BCUT2D eigenvalue weighted by Crippen LogP contribution is -2.22. The number of aliphatic hydroxyl groups excluding tert-OH is 1. The van der Waals surface area contributed by atoms with E-state index in [1.54, 1.807) is 30.6 Å². The number of nitrogens with one attached hydrogen (secondary N) is 1. The largest absolute Gasteiger partial charge is 0.387 e. The van der Waals surface area contributed by atoms with Crippen LogP contribution in [0.15, 0.2) is 42.9 Å². The van der Waals surface area contributed by atoms with Gasteiger partial charge in [-0.2, -0.15) is 0 Å². The third-order valence-electron chi connectivity index (χ3n) is 3.34. The number of nitrogens with zero attached hydrogens (tertiary/aromatic N) is 3. The van der Waals surface area contributed by atoms with Crippen molar-refractivity contribution in [3.8, 4) is 0 Å². The van der Waals surface area contributed by atoms with Gasteiger partial charge >= 0.3 is 0 Å². The SMILES string of the molecule is OC(CNCc1cnc2ncccn12)c1c(Cl)cccc1Cl. The molecule has 1 unspecified atom stereocenters. The van der Waals surface area contributed by atoms with Gasteiger partial charge in [-0.05, 0) is 18.2 Å². The number of hydrogen-bond donors (Lipinski definition) is 2. The molecule has 0 radical (unpaired) electrons. The Kier molecular flexibility index (Phi) is 4.59. The Morgan fingerprint density at radius 2 is 1.95 bits per heavy atom. The van der Waals surface area contributed by atoms with Crippen LogP contribution in [-0.4, -0.2) is 26.0 Å². The Labute approximate surface area is 137 Å². The molecule has 0 saturated heterocycles. The molecule has 0 spiro atoms. The van der Waals surface area contributed by atoms with Crippen molar-refractivity contribution < 1.29 is 5.11 Å². The van der Waals surface area contributed by atoms with E-state index in [2.05, 4.69) is 15.3 Å². The van der Waals surface area contributed by atoms with Gasteiger partial charge in [-0.15, -0.1) is 0 Å². The lowest BCUT2D eigenvalue weighted by molar-refractivity contribution is 0.174. The van der Waals surface area contributed by atoms with E-state index >= 15 is 0 Å². The van der Waals surface area contributed by atoms with Crippen molar-refractivity contribution in [2.75, 3.05) is 6.54 Å². The summed E-state index contributed by atoms with van der Waals surface area (Å²) in [6.07, 6.45) is 4.57. The fourth-order valence-electron chi connectivity index (χ4n) is 2.28. The van der Waals surface area contributed by atoms with Crippen LogP contribution in [0.4, 0.5) is 0 Å². The second-order valence-corrected chi connectivity index (χ2v) is 5.64. The number of imidazole rings is 1. The minimum atomic E-state index is -0.779. The Morgan fingerprint density at radius 3 is 2.73 bits per heavy atom. The third kappa shape index (κ3) is 3.08. The molecule has 0 fully saturated rings. The molecular formula is C15H14Cl2N4O. The highest BCUT2D eigenvalue weighted by molar-refractivity contribution is 6.36. The van der Waals surface area contributed by atoms with Crippen molar-refractivity contribution in [3.05, 3.63) is 64.2 Å². The number of fused-ring (bicyclic) bond motifs is 1. The van der Waals surface area contributed by atoms with Crippen LogP contribution < -0.4 is 5.32 Å². The van der Waals surface area contributed by atoms with Crippen LogP contribution in [0, 0.1) is 0 Å². The van der Waals surface area contributed by atoms with Crippen molar-refractivity contribution in [2.24, 2.45) is 0 Å². The maximum Gasteiger partial charge on any atom is 0.233 e. The van der Waals surface area contributed by atoms with E-state index in [0.717, 1.165) is 5.69 Å². The Hall–Kier alpha value is -1.66. The highest BCUT2D eigenvalue weighted by Gasteiger charge is 2.15. The predicted octanol–water partition coefficient (Wildman–Crippen LogP) is 2.86. The second-order valence-electron chi connectivity index (χ2n) is 4.82. The minimum Gasteiger partial charge on any atom is -0.387 e. The van der Waals surface area contributed by atoms with Gasteiger partial charge in [0.1, 0.15) is 0 Å². The molecule has 3 rings (SSSR count). The zero-order chi connectivity index (χ0) is 15.5. The van der Waals surface area contributed by atoms with Crippen molar-refractivity contribution >= 4 is 29.0 Å². The van der Waals surface area contributed by atoms with E-state index in [4.69, 9.17) is 23.2 Å². The molecule has 0 amide bonds. The molecule has 1 aromatic carbocycles. The summed E-state index contributed by atoms with van der Waals surface area (Å²) < 4.78 is 1.89. The summed E-state index contributed by atoms with van der Waals surface area (Å²) in [5, 5.41) is 14.4. The van der Waals surface area contributed by atoms with E-state index in [0.29, 0.717) is 34.5 Å². The van der Waals surface area contributed by atoms with Crippen LogP contribution in [0.3, 0.4) is 0 Å². The molecule has 0 bridgehead atoms. The number of aromatic nitrogens is 3. The fourth-order valence-corrected chi connectivity index (χ4v) is 2.93. The minimum absolute atomic E-state index is 0.330. The number of rotatable bonds is 5. The molecule has 2 aromatic heterocycles. The summed E-state index contributed by atoms with van der Waals surface area (Å²) in [6, 6.07) is 7.01. The van der Waals surface area contributed by atoms with E-state index in [9.17, 15) is 5.11 Å². The van der Waals surface area contributed by atoms with Gasteiger partial charge in [0.2, 0.25) is 5.78 Å². The van der Waals surface area contributed by atoms with Crippen LogP contribution in [0.5, 0.6) is 0 Å². The first-order valence-electron chi connectivity index (χ1n) is 6.76. The maximum absolute atomic E-state index is 10.3. The molecule has 2 N–H and O–H groups in total. The van der Waals surface area contributed by atoms with Crippen LogP contribution in [0.1, 0.15) is 17.4 Å². The number of halogens is 2. The Balaban J connectivity index is 1.66. The zero-order valence-electron chi connectivity index (χ0n) is 11.6. The summed E-state index contributed by atoms with van der Waals surface area (Å²) in [5.41, 5.74) is 1.50. The number of hydrogen-bond acceptors (Lipinski definition) is 4. The number of benzene rings is 1. The van der Waals surface area contributed by atoms with Gasteiger partial charge in [-0.3, -0.25) is 4.40 Å². The normalized spacial score (nSPS) is 12.7. The van der Waals surface area contributed by atoms with Crippen molar-refractivity contribution in [2.45, 2.75) is 12.6 Å². The second kappa shape index (κ2) is 6.62. The quantitative estimate of drug-likeness (QED) is 0.752. The number of aliphatic hydroxyl groups is 1. The van der Waals surface area contributed by atoms with Crippen LogP contribution >= 0.6 is 23.2 Å². The smallest absolute Gasteiger partial charge is 0.233 e. The van der Waals surface area contributed by atoms with Gasteiger partial charge in [-0.25, -0.2) is 9.97 Å². The highest BCUT2D eigenvalue weighted by atomic mass is 35.5. The van der Waals surface area contributed by atoms with Gasteiger partial charge in [0, 0.05) is 41.1 Å². The lowest BCUT2D eigenvalue weighted by atomic mass is 10.1. The fraction of sp³-hybridized carbons (Fsp3) is 0.200. The average molecular weight is 337 g/mol. The zero-order valence-corrected chi connectivity index (χ0v) is 13.1. The van der Waals surface area contributed by atoms with E-state index < -0.39 is 6.10 Å². The van der Waals surface area contributed by atoms with Gasteiger partial charge in [0.25, 0.3) is 0 Å². The average Bonchev–Trinajstić information content (AvgIpc) is 2.91. The van der Waals surface area contributed by atoms with E-state index in [1.807, 2.05) is 16.7 Å². The first-order valence-corrected chi connectivity index (χ1v) is 7.52. The van der Waals surface area contributed by atoms with Gasteiger partial charge < -0.3 is 10.4 Å². The summed E-state index contributed by atoms with van der Waals surface area (Å²) in [7, 11) is 0. The standard InChI is InChI=1S/C15H14Cl2N4O/c16-11-3-1-4-12(17)14(11)13(22)9-18-7-10-8-20-15-19-5-2-6-21(10)15/h1-6,8,13,18,22H,7,9H2. The monoisotopic (exact) mass is 336 g/mol. The van der Waals surface area contributed by atoms with E-state index in [-0.39, 0.29) is 0 Å². The van der Waals surface area contributed by atoms with Gasteiger partial charge in [0.05, 0.1) is 18.0 Å². The summed E-state index contributed by atoms with van der Waals surface area (Å²) in [5.74, 6) is 0.647. The predicted molar refractivity (Wildman–Crippen MR) is 86.1 cm³/mol.